The van der Waals surface area contributed by atoms with E-state index in [1.807, 2.05) is 0 Å². The standard InChI is InChI=1S/C55H51IN2/c1-4-17-44-37(5-2)18-10-13-24-46(44)53-43(6-3)49(34-35-56)54(47-25-16-20-39-19-11-12-23-45(39)47)50-36-41(32-33-48(50)53)38-28-30-40(31-29-38)55-57-51-26-14-15-27-52(51)58(55)42-21-8-7-9-22-42/h4,7-15,17,19,21-33,36,43,49H,5-6,16,18,20,34-35H2,1-3H3/b17-4-. The lowest BCUT2D eigenvalue weighted by Crippen LogP contribution is -2.41. The summed E-state index contributed by atoms with van der Waals surface area (Å²) in [7, 11) is 0. The maximum absolute atomic E-state index is 5.16. The molecule has 58 heavy (non-hydrogen) atoms. The van der Waals surface area contributed by atoms with Crippen LogP contribution in [0.5, 0.6) is 0 Å². The maximum atomic E-state index is 5.16. The van der Waals surface area contributed by atoms with Crippen LogP contribution in [0.15, 0.2) is 175 Å². The van der Waals surface area contributed by atoms with Crippen LogP contribution in [0.25, 0.3) is 56.0 Å². The van der Waals surface area contributed by atoms with Crippen LogP contribution in [0.1, 0.15) is 64.0 Å². The van der Waals surface area contributed by atoms with Crippen LogP contribution in [0.2, 0.25) is 0 Å². The number of allylic oxidation sites excluding steroid dienone is 10. The van der Waals surface area contributed by atoms with Crippen molar-refractivity contribution >= 4 is 50.3 Å². The van der Waals surface area contributed by atoms with E-state index in [4.69, 9.17) is 4.98 Å². The predicted octanol–water partition coefficient (Wildman–Crippen LogP) is 13.3. The summed E-state index contributed by atoms with van der Waals surface area (Å²) in [6.45, 7) is 6.91. The van der Waals surface area contributed by atoms with Gasteiger partial charge in [0.25, 0.3) is 0 Å². The Hall–Kier alpha value is -5.26. The number of benzene rings is 5. The molecule has 288 valence electrons. The highest BCUT2D eigenvalue weighted by molar-refractivity contribution is 14.1. The van der Waals surface area contributed by atoms with E-state index in [9.17, 15) is 0 Å². The molecule has 1 heterocycles. The number of hydrogen-bond donors (Lipinski definition) is 0. The van der Waals surface area contributed by atoms with E-state index in [1.165, 1.54) is 60.6 Å². The third kappa shape index (κ3) is 6.91. The van der Waals surface area contributed by atoms with Gasteiger partial charge in [-0.3, -0.25) is 4.57 Å². The number of alkyl halides is 1. The van der Waals surface area contributed by atoms with E-state index in [1.54, 1.807) is 5.57 Å². The van der Waals surface area contributed by atoms with Crippen LogP contribution < -0.4 is 10.4 Å². The van der Waals surface area contributed by atoms with E-state index in [-0.39, 0.29) is 0 Å². The highest BCUT2D eigenvalue weighted by Gasteiger charge is 2.36. The molecule has 2 nitrogen and oxygen atoms in total. The molecule has 3 heteroatoms. The van der Waals surface area contributed by atoms with Crippen LogP contribution in [0.3, 0.4) is 0 Å². The van der Waals surface area contributed by atoms with Gasteiger partial charge in [0.2, 0.25) is 0 Å². The second-order valence-electron chi connectivity index (χ2n) is 15.8. The number of aromatic nitrogens is 2. The van der Waals surface area contributed by atoms with E-state index in [0.29, 0.717) is 11.8 Å². The molecular weight excluding hydrogens is 816 g/mol. The molecule has 2 unspecified atom stereocenters. The molecule has 9 rings (SSSR count). The highest BCUT2D eigenvalue weighted by Crippen LogP contribution is 2.47. The van der Waals surface area contributed by atoms with E-state index >= 15 is 0 Å². The van der Waals surface area contributed by atoms with Gasteiger partial charge in [-0.05, 0) is 148 Å². The summed E-state index contributed by atoms with van der Waals surface area (Å²) in [5, 5.41) is 2.79. The summed E-state index contributed by atoms with van der Waals surface area (Å²) < 4.78 is 3.40. The van der Waals surface area contributed by atoms with Gasteiger partial charge in [-0.25, -0.2) is 4.98 Å². The molecule has 6 aromatic rings. The van der Waals surface area contributed by atoms with Crippen molar-refractivity contribution in [3.63, 3.8) is 0 Å². The molecule has 0 fully saturated rings. The molecule has 1 aromatic heterocycles. The van der Waals surface area contributed by atoms with Crippen LogP contribution in [-0.4, -0.2) is 14.0 Å². The lowest BCUT2D eigenvalue weighted by atomic mass is 9.66. The number of halogens is 1. The summed E-state index contributed by atoms with van der Waals surface area (Å²) in [4.78, 5) is 5.16. The number of rotatable bonds is 10. The second-order valence-corrected chi connectivity index (χ2v) is 16.8. The fourth-order valence-electron chi connectivity index (χ4n) is 9.94. The van der Waals surface area contributed by atoms with E-state index in [0.717, 1.165) is 71.1 Å². The molecule has 0 bridgehead atoms. The minimum Gasteiger partial charge on any atom is -0.292 e. The number of imidazole rings is 1. The Labute approximate surface area is 357 Å². The van der Waals surface area contributed by atoms with Gasteiger partial charge in [0.1, 0.15) is 5.82 Å². The summed E-state index contributed by atoms with van der Waals surface area (Å²) in [6.07, 6.45) is 20.7. The molecule has 0 aliphatic heterocycles. The molecule has 3 aliphatic rings. The fourth-order valence-corrected chi connectivity index (χ4v) is 10.6. The van der Waals surface area contributed by atoms with Gasteiger partial charge in [-0.1, -0.05) is 169 Å². The highest BCUT2D eigenvalue weighted by atomic mass is 127. The lowest BCUT2D eigenvalue weighted by Gasteiger charge is -2.38. The smallest absolute Gasteiger partial charge is 0.145 e. The monoisotopic (exact) mass is 866 g/mol. The second kappa shape index (κ2) is 16.9. The van der Waals surface area contributed by atoms with Crippen molar-refractivity contribution in [2.24, 2.45) is 11.8 Å². The van der Waals surface area contributed by atoms with Gasteiger partial charge in [-0.15, -0.1) is 0 Å². The van der Waals surface area contributed by atoms with Crippen molar-refractivity contribution in [1.82, 2.24) is 9.55 Å². The van der Waals surface area contributed by atoms with E-state index < -0.39 is 0 Å². The first-order valence-electron chi connectivity index (χ1n) is 21.2. The Kier molecular flexibility index (Phi) is 11.2. The van der Waals surface area contributed by atoms with Crippen LogP contribution in [0, 0.1) is 11.8 Å². The number of aryl methyl sites for hydroxylation is 1. The first-order chi connectivity index (χ1) is 28.6. The Balaban J connectivity index is 1.28. The van der Waals surface area contributed by atoms with Gasteiger partial charge >= 0.3 is 0 Å². The number of fused-ring (bicyclic) bond motifs is 3. The largest absolute Gasteiger partial charge is 0.292 e. The molecule has 0 radical (unpaired) electrons. The minimum atomic E-state index is 0.399. The quantitative estimate of drug-likeness (QED) is 0.0991. The molecule has 3 aliphatic carbocycles. The molecule has 0 amide bonds. The van der Waals surface area contributed by atoms with Crippen molar-refractivity contribution in [2.75, 3.05) is 4.43 Å². The van der Waals surface area contributed by atoms with Crippen LogP contribution in [0.4, 0.5) is 0 Å². The number of para-hydroxylation sites is 3. The van der Waals surface area contributed by atoms with Gasteiger partial charge < -0.3 is 0 Å². The van der Waals surface area contributed by atoms with Crippen LogP contribution in [-0.2, 0) is 6.42 Å². The Morgan fingerprint density at radius 1 is 0.759 bits per heavy atom. The third-order valence-corrected chi connectivity index (χ3v) is 13.2. The van der Waals surface area contributed by atoms with Crippen molar-refractivity contribution < 1.29 is 0 Å². The zero-order valence-corrected chi connectivity index (χ0v) is 36.0. The molecule has 0 saturated carbocycles. The van der Waals surface area contributed by atoms with Gasteiger partial charge in [0, 0.05) is 15.7 Å². The van der Waals surface area contributed by atoms with Gasteiger partial charge in [-0.2, -0.15) is 0 Å². The average Bonchev–Trinajstić information content (AvgIpc) is 3.55. The zero-order chi connectivity index (χ0) is 39.6. The fraction of sp³-hybridized carbons (Fsp3) is 0.218. The SMILES string of the molecule is C/C=C\C1=C(CC)CC=CC=C1C1=c2ccc(-c3ccc(-c4nc5ccccc5n4-c4ccccc4)cc3)cc2=C(C2=CCCc3ccccc32)C(CCI)C1CC. The molecular formula is C55H51IN2. The Morgan fingerprint density at radius 2 is 1.50 bits per heavy atom. The number of nitrogens with zero attached hydrogens (tertiary/aromatic N) is 2. The summed E-state index contributed by atoms with van der Waals surface area (Å²) >= 11 is 2.63. The predicted molar refractivity (Wildman–Crippen MR) is 255 cm³/mol. The molecule has 0 N–H and O–H groups in total. The first-order valence-corrected chi connectivity index (χ1v) is 22.7. The lowest BCUT2D eigenvalue weighted by molar-refractivity contribution is 0.474. The van der Waals surface area contributed by atoms with Crippen molar-refractivity contribution in [3.8, 4) is 28.2 Å². The van der Waals surface area contributed by atoms with Crippen molar-refractivity contribution in [1.29, 1.82) is 0 Å². The Bertz CT molecular complexity index is 2790. The average molecular weight is 867 g/mol. The molecule has 0 saturated heterocycles. The van der Waals surface area contributed by atoms with E-state index in [2.05, 4.69) is 206 Å². The normalized spacial score (nSPS) is 18.0. The summed E-state index contributed by atoms with van der Waals surface area (Å²) in [5.41, 5.74) is 18.5. The summed E-state index contributed by atoms with van der Waals surface area (Å²) in [6, 6.07) is 44.7. The molecule has 2 atom stereocenters. The number of hydrogen-bond acceptors (Lipinski definition) is 1. The minimum absolute atomic E-state index is 0.399. The zero-order valence-electron chi connectivity index (χ0n) is 33.9. The van der Waals surface area contributed by atoms with Crippen molar-refractivity contribution in [3.05, 3.63) is 196 Å². The van der Waals surface area contributed by atoms with Gasteiger partial charge in [0.15, 0.2) is 0 Å². The maximum Gasteiger partial charge on any atom is 0.145 e. The third-order valence-electron chi connectivity index (χ3n) is 12.6. The topological polar surface area (TPSA) is 17.8 Å². The van der Waals surface area contributed by atoms with Gasteiger partial charge in [0.05, 0.1) is 11.0 Å². The van der Waals surface area contributed by atoms with Crippen molar-refractivity contribution in [2.45, 2.75) is 59.3 Å². The molecule has 0 spiro atoms. The Morgan fingerprint density at radius 3 is 2.29 bits per heavy atom. The molecule has 5 aromatic carbocycles. The summed E-state index contributed by atoms with van der Waals surface area (Å²) in [5.74, 6) is 1.75. The first kappa shape index (κ1) is 38.3. The van der Waals surface area contributed by atoms with Crippen LogP contribution >= 0.6 is 22.6 Å².